The molecule has 0 amide bonds. The van der Waals surface area contributed by atoms with E-state index in [2.05, 4.69) is 11.2 Å². The second-order valence-electron chi connectivity index (χ2n) is 3.94. The summed E-state index contributed by atoms with van der Waals surface area (Å²) in [7, 11) is -2.76. The molecule has 0 N–H and O–H groups in total. The largest absolute Gasteiger partial charge is 0.241 e. The molecule has 0 spiro atoms. The molecule has 0 atom stereocenters. The minimum absolute atomic E-state index is 0.283. The molecule has 0 aromatic heterocycles. The van der Waals surface area contributed by atoms with Gasteiger partial charge in [-0.3, -0.25) is 0 Å². The van der Waals surface area contributed by atoms with Gasteiger partial charge < -0.3 is 0 Å². The van der Waals surface area contributed by atoms with Crippen molar-refractivity contribution < 1.29 is 8.42 Å². The van der Waals surface area contributed by atoms with Crippen LogP contribution in [0.4, 0.5) is 0 Å². The van der Waals surface area contributed by atoms with Crippen molar-refractivity contribution in [3.05, 3.63) is 65.7 Å². The van der Waals surface area contributed by atoms with E-state index < -0.39 is 8.87 Å². The normalized spacial score (nSPS) is 10.6. The zero-order chi connectivity index (χ0) is 13.7. The first-order chi connectivity index (χ1) is 9.08. The first-order valence-corrected chi connectivity index (χ1v) is 8.46. The molecular weight excluding hydrogens is 276 g/mol. The molecule has 0 aliphatic rings. The van der Waals surface area contributed by atoms with Gasteiger partial charge in [0.25, 0.3) is 0 Å². The molecule has 19 heavy (non-hydrogen) atoms. The summed E-state index contributed by atoms with van der Waals surface area (Å²) in [6, 6.07) is 16.0. The molecule has 2 nitrogen and oxygen atoms in total. The second-order valence-corrected chi connectivity index (χ2v) is 7.51. The molecule has 2 aromatic carbocycles. The van der Waals surface area contributed by atoms with Crippen LogP contribution in [0.1, 0.15) is 11.1 Å². The highest BCUT2D eigenvalue weighted by Gasteiger charge is 2.13. The second kappa shape index (κ2) is 5.96. The van der Waals surface area contributed by atoms with Crippen LogP contribution in [0.3, 0.4) is 0 Å². The molecule has 0 fully saturated rings. The van der Waals surface area contributed by atoms with Crippen LogP contribution in [0, 0.1) is 18.1 Å². The zero-order valence-electron chi connectivity index (χ0n) is 10.3. The Hall–Kier alpha value is -1.70. The number of rotatable bonds is 2. The Morgan fingerprint density at radius 2 is 1.58 bits per heavy atom. The zero-order valence-corrected chi connectivity index (χ0v) is 12.0. The third kappa shape index (κ3) is 3.88. The van der Waals surface area contributed by atoms with Crippen molar-refractivity contribution in [3.63, 3.8) is 0 Å². The standard InChI is InChI=1S/C15H12O2S2/c1-13-7-9-15(10-8-13)19(16,17)18-12-11-14-5-3-2-4-6-14/h2-10H,1H3. The minimum atomic E-state index is -3.40. The smallest absolute Gasteiger partial charge is 0.211 e. The molecule has 0 bridgehead atoms. The molecule has 4 heteroatoms. The summed E-state index contributed by atoms with van der Waals surface area (Å²) in [5.41, 5.74) is 1.83. The fraction of sp³-hybridized carbons (Fsp3) is 0.0667. The molecule has 0 aliphatic carbocycles. The Bertz CT molecular complexity index is 706. The maximum Gasteiger partial charge on any atom is 0.241 e. The van der Waals surface area contributed by atoms with E-state index in [0.717, 1.165) is 11.1 Å². The van der Waals surface area contributed by atoms with Gasteiger partial charge in [-0.1, -0.05) is 41.8 Å². The summed E-state index contributed by atoms with van der Waals surface area (Å²) in [6.45, 7) is 1.92. The van der Waals surface area contributed by atoms with E-state index in [-0.39, 0.29) is 4.90 Å². The Balaban J connectivity index is 2.15. The monoisotopic (exact) mass is 288 g/mol. The van der Waals surface area contributed by atoms with Crippen molar-refractivity contribution in [1.82, 2.24) is 0 Å². The van der Waals surface area contributed by atoms with Gasteiger partial charge in [0, 0.05) is 5.56 Å². The van der Waals surface area contributed by atoms with Gasteiger partial charge in [-0.05, 0) is 36.4 Å². The van der Waals surface area contributed by atoms with Gasteiger partial charge in [0.2, 0.25) is 8.87 Å². The Morgan fingerprint density at radius 1 is 0.947 bits per heavy atom. The number of benzene rings is 2. The van der Waals surface area contributed by atoms with Crippen LogP contribution in [-0.4, -0.2) is 8.42 Å². The van der Waals surface area contributed by atoms with E-state index >= 15 is 0 Å². The average Bonchev–Trinajstić information content (AvgIpc) is 2.40. The van der Waals surface area contributed by atoms with Crippen LogP contribution >= 0.6 is 10.8 Å². The molecule has 0 saturated heterocycles. The van der Waals surface area contributed by atoms with Gasteiger partial charge in [-0.25, -0.2) is 8.42 Å². The molecule has 2 rings (SSSR count). The fourth-order valence-electron chi connectivity index (χ4n) is 1.41. The van der Waals surface area contributed by atoms with Gasteiger partial charge in [-0.2, -0.15) is 0 Å². The van der Waals surface area contributed by atoms with Gasteiger partial charge in [0.15, 0.2) is 0 Å². The number of hydrogen-bond donors (Lipinski definition) is 0. The van der Waals surface area contributed by atoms with Crippen LogP contribution in [0.15, 0.2) is 59.5 Å². The van der Waals surface area contributed by atoms with E-state index in [9.17, 15) is 8.42 Å². The maximum atomic E-state index is 12.0. The summed E-state index contributed by atoms with van der Waals surface area (Å²) in [5, 5.41) is 2.63. The van der Waals surface area contributed by atoms with Gasteiger partial charge in [0.1, 0.15) is 0 Å². The summed E-state index contributed by atoms with van der Waals surface area (Å²) >= 11 is 0. The van der Waals surface area contributed by atoms with E-state index in [0.29, 0.717) is 10.8 Å². The third-order valence-corrected chi connectivity index (χ3v) is 5.17. The topological polar surface area (TPSA) is 34.1 Å². The van der Waals surface area contributed by atoms with Crippen molar-refractivity contribution in [2.24, 2.45) is 0 Å². The Morgan fingerprint density at radius 3 is 2.21 bits per heavy atom. The molecule has 0 aliphatic heterocycles. The molecule has 0 heterocycles. The maximum absolute atomic E-state index is 12.0. The molecule has 0 radical (unpaired) electrons. The first-order valence-electron chi connectivity index (χ1n) is 5.64. The van der Waals surface area contributed by atoms with E-state index in [1.807, 2.05) is 37.3 Å². The van der Waals surface area contributed by atoms with Gasteiger partial charge in [0.05, 0.1) is 15.7 Å². The number of hydrogen-bond acceptors (Lipinski definition) is 3. The van der Waals surface area contributed by atoms with E-state index in [1.165, 1.54) is 0 Å². The van der Waals surface area contributed by atoms with Gasteiger partial charge in [-0.15, -0.1) is 0 Å². The van der Waals surface area contributed by atoms with Crippen molar-refractivity contribution in [1.29, 1.82) is 0 Å². The van der Waals surface area contributed by atoms with Crippen molar-refractivity contribution in [3.8, 4) is 11.2 Å². The molecule has 0 unspecified atom stereocenters. The van der Waals surface area contributed by atoms with Crippen LogP contribution in [-0.2, 0) is 8.87 Å². The summed E-state index contributed by atoms with van der Waals surface area (Å²) in [6.07, 6.45) is 0. The highest BCUT2D eigenvalue weighted by Crippen LogP contribution is 2.22. The van der Waals surface area contributed by atoms with Crippen LogP contribution in [0.5, 0.6) is 0 Å². The van der Waals surface area contributed by atoms with Crippen molar-refractivity contribution >= 4 is 19.7 Å². The predicted octanol–water partition coefficient (Wildman–Crippen LogP) is 3.43. The summed E-state index contributed by atoms with van der Waals surface area (Å²) in [5.74, 6) is 2.82. The van der Waals surface area contributed by atoms with E-state index in [4.69, 9.17) is 0 Å². The number of aryl methyl sites for hydroxylation is 1. The van der Waals surface area contributed by atoms with Crippen LogP contribution in [0.25, 0.3) is 0 Å². The lowest BCUT2D eigenvalue weighted by molar-refractivity contribution is 0.610. The third-order valence-electron chi connectivity index (χ3n) is 2.43. The predicted molar refractivity (Wildman–Crippen MR) is 79.3 cm³/mol. The fourth-order valence-corrected chi connectivity index (χ4v) is 3.32. The van der Waals surface area contributed by atoms with Crippen LogP contribution < -0.4 is 0 Å². The lowest BCUT2D eigenvalue weighted by Crippen LogP contribution is -1.93. The Labute approximate surface area is 117 Å². The van der Waals surface area contributed by atoms with Crippen LogP contribution in [0.2, 0.25) is 0 Å². The van der Waals surface area contributed by atoms with Crippen molar-refractivity contribution in [2.75, 3.05) is 0 Å². The summed E-state index contributed by atoms with van der Waals surface area (Å²) in [4.78, 5) is 0.283. The van der Waals surface area contributed by atoms with Gasteiger partial charge >= 0.3 is 0 Å². The molecular formula is C15H12O2S2. The molecule has 2 aromatic rings. The lowest BCUT2D eigenvalue weighted by atomic mass is 10.2. The quantitative estimate of drug-likeness (QED) is 0.627. The minimum Gasteiger partial charge on any atom is -0.211 e. The SMILES string of the molecule is Cc1ccc(S(=O)(=O)SC#Cc2ccccc2)cc1. The Kier molecular flexibility index (Phi) is 4.31. The van der Waals surface area contributed by atoms with Crippen molar-refractivity contribution in [2.45, 2.75) is 11.8 Å². The average molecular weight is 288 g/mol. The molecule has 0 saturated carbocycles. The first kappa shape index (κ1) is 13.7. The van der Waals surface area contributed by atoms with E-state index in [1.54, 1.807) is 24.3 Å². The summed E-state index contributed by atoms with van der Waals surface area (Å²) < 4.78 is 24.0. The highest BCUT2D eigenvalue weighted by molar-refractivity contribution is 8.73. The lowest BCUT2D eigenvalue weighted by Gasteiger charge is -1.99. The molecule has 96 valence electrons. The highest BCUT2D eigenvalue weighted by atomic mass is 33.1.